The Hall–Kier alpha value is -0.340. The topological polar surface area (TPSA) is 23.8 Å². The van der Waals surface area contributed by atoms with Crippen molar-refractivity contribution in [2.45, 2.75) is 0 Å². The summed E-state index contributed by atoms with van der Waals surface area (Å²) in [6.45, 7) is 4.20. The van der Waals surface area contributed by atoms with Crippen LogP contribution in [0, 0.1) is 11.3 Å². The molecule has 0 aromatic heterocycles. The summed E-state index contributed by atoms with van der Waals surface area (Å²) in [6.07, 6.45) is 1.53. The summed E-state index contributed by atoms with van der Waals surface area (Å²) < 4.78 is 0. The number of hydrogen-bond acceptors (Lipinski definition) is 1. The van der Waals surface area contributed by atoms with Crippen LogP contribution in [-0.4, -0.2) is 13.3 Å². The van der Waals surface area contributed by atoms with E-state index in [9.17, 15) is 0 Å². The molecule has 0 aliphatic rings. The van der Waals surface area contributed by atoms with Crippen LogP contribution in [0.3, 0.4) is 0 Å². The van der Waals surface area contributed by atoms with Crippen molar-refractivity contribution in [3.63, 3.8) is 0 Å². The molecule has 0 rings (SSSR count). The lowest BCUT2D eigenvalue weighted by Crippen LogP contribution is -1.53. The van der Waals surface area contributed by atoms with E-state index in [0.29, 0.717) is 0 Å². The minimum atomic E-state index is -0.00941. The zero-order valence-electron chi connectivity index (χ0n) is 4.55. The average Bonchev–Trinajstić information content (AvgIpc) is 1.61. The normalized spacial score (nSPS) is 10.0. The van der Waals surface area contributed by atoms with Crippen molar-refractivity contribution >= 4 is 7.92 Å². The van der Waals surface area contributed by atoms with Gasteiger partial charge >= 0.3 is 0 Å². The highest BCUT2D eigenvalue weighted by Crippen LogP contribution is 2.24. The Morgan fingerprint density at radius 2 is 2.14 bits per heavy atom. The van der Waals surface area contributed by atoms with Crippen molar-refractivity contribution in [2.24, 2.45) is 0 Å². The molecule has 2 heteroatoms. The molecular formula is C5H8NP. The fourth-order valence-electron chi connectivity index (χ4n) is 0.182. The third-order valence-corrected chi connectivity index (χ3v) is 1.19. The molecule has 0 unspecified atom stereocenters. The number of nitriles is 1. The van der Waals surface area contributed by atoms with Crippen LogP contribution in [0.25, 0.3) is 0 Å². The highest BCUT2D eigenvalue weighted by molar-refractivity contribution is 7.59. The fourth-order valence-corrected chi connectivity index (χ4v) is 0.547. The largest absolute Gasteiger partial charge is 0.193 e. The Bertz CT molecular complexity index is 99.1. The highest BCUT2D eigenvalue weighted by atomic mass is 31.1. The minimum Gasteiger partial charge on any atom is -0.193 e. The third kappa shape index (κ3) is 5.66. The molecule has 0 aromatic carbocycles. The maximum Gasteiger partial charge on any atom is 0.0912 e. The average molecular weight is 113 g/mol. The van der Waals surface area contributed by atoms with E-state index in [-0.39, 0.29) is 7.92 Å². The maximum absolute atomic E-state index is 7.99. The molecule has 0 heterocycles. The molecule has 0 spiro atoms. The molecule has 0 N–H and O–H groups in total. The van der Waals surface area contributed by atoms with E-state index in [0.717, 1.165) is 0 Å². The molecular weight excluding hydrogens is 105 g/mol. The molecule has 0 saturated heterocycles. The lowest BCUT2D eigenvalue weighted by Gasteiger charge is -1.87. The SMILES string of the molecule is CP(C)/C=C\C#N. The molecule has 0 bridgehead atoms. The van der Waals surface area contributed by atoms with Gasteiger partial charge in [-0.05, 0) is 13.3 Å². The zero-order chi connectivity index (χ0) is 5.70. The second-order valence-corrected chi connectivity index (χ2v) is 3.63. The molecule has 0 radical (unpaired) electrons. The Kier molecular flexibility index (Phi) is 3.65. The van der Waals surface area contributed by atoms with Gasteiger partial charge < -0.3 is 0 Å². The fraction of sp³-hybridized carbons (Fsp3) is 0.400. The van der Waals surface area contributed by atoms with Crippen LogP contribution in [0.4, 0.5) is 0 Å². The number of nitrogens with zero attached hydrogens (tertiary/aromatic N) is 1. The Labute approximate surface area is 45.4 Å². The summed E-state index contributed by atoms with van der Waals surface area (Å²) in [5, 5.41) is 7.99. The lowest BCUT2D eigenvalue weighted by atomic mass is 10.7. The van der Waals surface area contributed by atoms with Gasteiger partial charge in [0.25, 0.3) is 0 Å². The molecule has 0 atom stereocenters. The van der Waals surface area contributed by atoms with Crippen molar-refractivity contribution in [2.75, 3.05) is 13.3 Å². The summed E-state index contributed by atoms with van der Waals surface area (Å²) in [7, 11) is -0.00941. The summed E-state index contributed by atoms with van der Waals surface area (Å²) in [4.78, 5) is 0. The summed E-state index contributed by atoms with van der Waals surface area (Å²) in [5.41, 5.74) is 0. The van der Waals surface area contributed by atoms with Crippen LogP contribution in [0.15, 0.2) is 11.9 Å². The molecule has 0 fully saturated rings. The van der Waals surface area contributed by atoms with E-state index in [2.05, 4.69) is 13.3 Å². The van der Waals surface area contributed by atoms with Gasteiger partial charge in [-0.2, -0.15) is 5.26 Å². The second kappa shape index (κ2) is 3.84. The Morgan fingerprint density at radius 1 is 1.57 bits per heavy atom. The van der Waals surface area contributed by atoms with Crippen LogP contribution in [-0.2, 0) is 0 Å². The van der Waals surface area contributed by atoms with Gasteiger partial charge in [-0.25, -0.2) is 0 Å². The molecule has 1 nitrogen and oxygen atoms in total. The Morgan fingerprint density at radius 3 is 2.29 bits per heavy atom. The zero-order valence-corrected chi connectivity index (χ0v) is 5.44. The van der Waals surface area contributed by atoms with Crippen molar-refractivity contribution in [3.05, 3.63) is 11.9 Å². The smallest absolute Gasteiger partial charge is 0.0912 e. The first-order chi connectivity index (χ1) is 3.27. The van der Waals surface area contributed by atoms with E-state index < -0.39 is 0 Å². The molecule has 0 saturated carbocycles. The van der Waals surface area contributed by atoms with Gasteiger partial charge in [0.2, 0.25) is 0 Å². The number of rotatable bonds is 1. The molecule has 0 aliphatic carbocycles. The second-order valence-electron chi connectivity index (χ2n) is 1.41. The van der Waals surface area contributed by atoms with E-state index in [1.807, 2.05) is 11.9 Å². The van der Waals surface area contributed by atoms with Gasteiger partial charge in [-0.15, -0.1) is 0 Å². The van der Waals surface area contributed by atoms with E-state index in [4.69, 9.17) is 5.26 Å². The van der Waals surface area contributed by atoms with Crippen LogP contribution < -0.4 is 0 Å². The number of allylic oxidation sites excluding steroid dienone is 1. The van der Waals surface area contributed by atoms with Crippen molar-refractivity contribution < 1.29 is 0 Å². The van der Waals surface area contributed by atoms with Gasteiger partial charge in [0.05, 0.1) is 6.07 Å². The quantitative estimate of drug-likeness (QED) is 0.375. The molecule has 0 amide bonds. The predicted octanol–water partition coefficient (Wildman–Crippen LogP) is 1.77. The Balaban J connectivity index is 3.31. The van der Waals surface area contributed by atoms with Gasteiger partial charge in [0.15, 0.2) is 0 Å². The first kappa shape index (κ1) is 6.66. The minimum absolute atomic E-state index is 0.00941. The van der Waals surface area contributed by atoms with Gasteiger partial charge in [0, 0.05) is 6.08 Å². The first-order valence-corrected chi connectivity index (χ1v) is 4.30. The van der Waals surface area contributed by atoms with Crippen LogP contribution in [0.1, 0.15) is 0 Å². The molecule has 0 aromatic rings. The van der Waals surface area contributed by atoms with Crippen LogP contribution in [0.2, 0.25) is 0 Å². The molecule has 7 heavy (non-hydrogen) atoms. The highest BCUT2D eigenvalue weighted by Gasteiger charge is 1.76. The van der Waals surface area contributed by atoms with Gasteiger partial charge in [0.1, 0.15) is 0 Å². The third-order valence-electron chi connectivity index (χ3n) is 0.447. The van der Waals surface area contributed by atoms with Crippen molar-refractivity contribution in [1.29, 1.82) is 5.26 Å². The maximum atomic E-state index is 7.99. The summed E-state index contributed by atoms with van der Waals surface area (Å²) in [5.74, 6) is 1.93. The lowest BCUT2D eigenvalue weighted by molar-refractivity contribution is 1.54. The molecule has 0 aliphatic heterocycles. The number of hydrogen-bond donors (Lipinski definition) is 0. The van der Waals surface area contributed by atoms with Gasteiger partial charge in [-0.3, -0.25) is 0 Å². The van der Waals surface area contributed by atoms with Crippen molar-refractivity contribution in [3.8, 4) is 6.07 Å². The monoisotopic (exact) mass is 113 g/mol. The van der Waals surface area contributed by atoms with Crippen molar-refractivity contribution in [1.82, 2.24) is 0 Å². The van der Waals surface area contributed by atoms with E-state index in [1.165, 1.54) is 6.08 Å². The van der Waals surface area contributed by atoms with Gasteiger partial charge in [-0.1, -0.05) is 13.7 Å². The summed E-state index contributed by atoms with van der Waals surface area (Å²) >= 11 is 0. The first-order valence-electron chi connectivity index (χ1n) is 2.00. The van der Waals surface area contributed by atoms with Crippen LogP contribution >= 0.6 is 7.92 Å². The molecule has 38 valence electrons. The van der Waals surface area contributed by atoms with E-state index >= 15 is 0 Å². The van der Waals surface area contributed by atoms with E-state index in [1.54, 1.807) is 0 Å². The summed E-state index contributed by atoms with van der Waals surface area (Å²) in [6, 6.07) is 1.93. The standard InChI is InChI=1S/C5H8NP/c1-7(2)5-3-4-6/h3,5H,1-2H3/b5-3-. The van der Waals surface area contributed by atoms with Crippen LogP contribution in [0.5, 0.6) is 0 Å². The predicted molar refractivity (Wildman–Crippen MR) is 33.5 cm³/mol.